The Kier molecular flexibility index (Phi) is 4.01. The van der Waals surface area contributed by atoms with Crippen LogP contribution in [0.15, 0.2) is 43.0 Å². The average molecular weight is 311 g/mol. The highest BCUT2D eigenvalue weighted by Gasteiger charge is 2.12. The van der Waals surface area contributed by atoms with Gasteiger partial charge in [0.1, 0.15) is 17.2 Å². The summed E-state index contributed by atoms with van der Waals surface area (Å²) in [5.41, 5.74) is 1.11. The second kappa shape index (κ2) is 6.27. The summed E-state index contributed by atoms with van der Waals surface area (Å²) in [5, 5.41) is 9.64. The molecule has 3 aromatic rings. The third-order valence-corrected chi connectivity index (χ3v) is 3.17. The fraction of sp³-hybridized carbons (Fsp3) is 0.125. The van der Waals surface area contributed by atoms with Crippen molar-refractivity contribution in [3.8, 4) is 17.2 Å². The van der Waals surface area contributed by atoms with Crippen molar-refractivity contribution in [2.24, 2.45) is 0 Å². The number of carboxylic acid groups (broad SMARTS) is 1. The van der Waals surface area contributed by atoms with Crippen molar-refractivity contribution >= 4 is 16.9 Å². The largest absolute Gasteiger partial charge is 0.495 e. The van der Waals surface area contributed by atoms with Crippen LogP contribution in [0.3, 0.4) is 0 Å². The van der Waals surface area contributed by atoms with Gasteiger partial charge in [-0.2, -0.15) is 0 Å². The van der Waals surface area contributed by atoms with Gasteiger partial charge in [0.2, 0.25) is 0 Å². The Morgan fingerprint density at radius 1 is 1.17 bits per heavy atom. The highest BCUT2D eigenvalue weighted by Crippen LogP contribution is 2.30. The number of rotatable bonds is 5. The molecule has 0 fully saturated rings. The fourth-order valence-electron chi connectivity index (χ4n) is 2.14. The van der Waals surface area contributed by atoms with Gasteiger partial charge >= 0.3 is 5.97 Å². The Balaban J connectivity index is 1.94. The zero-order valence-corrected chi connectivity index (χ0v) is 12.3. The number of fused-ring (bicyclic) bond motifs is 1. The second-order valence-electron chi connectivity index (χ2n) is 4.69. The molecular weight excluding hydrogens is 298 g/mol. The molecule has 116 valence electrons. The van der Waals surface area contributed by atoms with Gasteiger partial charge in [-0.05, 0) is 12.1 Å². The van der Waals surface area contributed by atoms with Gasteiger partial charge in [-0.15, -0.1) is 0 Å². The Bertz CT molecular complexity index is 862. The Labute approximate surface area is 131 Å². The fourth-order valence-corrected chi connectivity index (χ4v) is 2.14. The third-order valence-electron chi connectivity index (χ3n) is 3.17. The van der Waals surface area contributed by atoms with Gasteiger partial charge in [-0.3, -0.25) is 19.7 Å². The number of ether oxygens (including phenoxy) is 2. The molecule has 7 nitrogen and oxygen atoms in total. The van der Waals surface area contributed by atoms with Gasteiger partial charge in [0.15, 0.2) is 0 Å². The first-order valence-corrected chi connectivity index (χ1v) is 6.78. The first-order valence-electron chi connectivity index (χ1n) is 6.78. The standard InChI is InChI=1S/C16H13N3O4/c1-22-15-6-10(8-19-13(15)7-16(20)21)23-14-3-5-18-12-2-4-17-9-11(12)14/h2-6,8-9H,7H2,1H3,(H,20,21). The minimum absolute atomic E-state index is 0.217. The predicted molar refractivity (Wildman–Crippen MR) is 81.7 cm³/mol. The van der Waals surface area contributed by atoms with Crippen molar-refractivity contribution in [2.75, 3.05) is 7.11 Å². The molecule has 0 unspecified atom stereocenters. The smallest absolute Gasteiger partial charge is 0.309 e. The van der Waals surface area contributed by atoms with Gasteiger partial charge in [-0.25, -0.2) is 0 Å². The molecule has 7 heteroatoms. The van der Waals surface area contributed by atoms with Gasteiger partial charge in [-0.1, -0.05) is 0 Å². The molecule has 23 heavy (non-hydrogen) atoms. The lowest BCUT2D eigenvalue weighted by molar-refractivity contribution is -0.136. The molecule has 1 N–H and O–H groups in total. The van der Waals surface area contributed by atoms with E-state index in [0.717, 1.165) is 10.9 Å². The van der Waals surface area contributed by atoms with Crippen LogP contribution in [0.4, 0.5) is 0 Å². The first-order chi connectivity index (χ1) is 11.2. The number of aliphatic carboxylic acids is 1. The van der Waals surface area contributed by atoms with Crippen molar-refractivity contribution in [1.82, 2.24) is 15.0 Å². The Hall–Kier alpha value is -3.22. The number of methoxy groups -OCH3 is 1. The van der Waals surface area contributed by atoms with Crippen molar-refractivity contribution in [2.45, 2.75) is 6.42 Å². The van der Waals surface area contributed by atoms with E-state index in [9.17, 15) is 4.79 Å². The minimum Gasteiger partial charge on any atom is -0.495 e. The summed E-state index contributed by atoms with van der Waals surface area (Å²) < 4.78 is 11.0. The van der Waals surface area contributed by atoms with Crippen LogP contribution in [-0.4, -0.2) is 33.1 Å². The van der Waals surface area contributed by atoms with E-state index in [1.54, 1.807) is 36.8 Å². The van der Waals surface area contributed by atoms with Crippen molar-refractivity contribution < 1.29 is 19.4 Å². The maximum Gasteiger partial charge on any atom is 0.309 e. The summed E-state index contributed by atoms with van der Waals surface area (Å²) in [7, 11) is 1.46. The summed E-state index contributed by atoms with van der Waals surface area (Å²) in [5.74, 6) is 0.405. The molecule has 0 saturated carbocycles. The maximum atomic E-state index is 10.8. The zero-order chi connectivity index (χ0) is 16.2. The average Bonchev–Trinajstić information content (AvgIpc) is 2.56. The summed E-state index contributed by atoms with van der Waals surface area (Å²) in [6.45, 7) is 0. The van der Waals surface area contributed by atoms with Crippen LogP contribution in [0.25, 0.3) is 10.9 Å². The van der Waals surface area contributed by atoms with E-state index in [2.05, 4.69) is 15.0 Å². The maximum absolute atomic E-state index is 10.8. The van der Waals surface area contributed by atoms with Crippen LogP contribution in [0.2, 0.25) is 0 Å². The van der Waals surface area contributed by atoms with Crippen LogP contribution < -0.4 is 9.47 Å². The molecule has 0 aliphatic carbocycles. The van der Waals surface area contributed by atoms with E-state index in [4.69, 9.17) is 14.6 Å². The van der Waals surface area contributed by atoms with Crippen molar-refractivity contribution in [3.63, 3.8) is 0 Å². The molecule has 0 saturated heterocycles. The number of nitrogens with zero attached hydrogens (tertiary/aromatic N) is 3. The monoisotopic (exact) mass is 311 g/mol. The van der Waals surface area contributed by atoms with Crippen molar-refractivity contribution in [3.05, 3.63) is 48.7 Å². The molecular formula is C16H13N3O4. The number of hydrogen-bond donors (Lipinski definition) is 1. The van der Waals surface area contributed by atoms with Crippen LogP contribution in [0.5, 0.6) is 17.2 Å². The highest BCUT2D eigenvalue weighted by atomic mass is 16.5. The summed E-state index contributed by atoms with van der Waals surface area (Å²) >= 11 is 0. The quantitative estimate of drug-likeness (QED) is 0.773. The third kappa shape index (κ3) is 3.18. The summed E-state index contributed by atoms with van der Waals surface area (Å²) in [4.78, 5) is 23.2. The van der Waals surface area contributed by atoms with Crippen LogP contribution in [0.1, 0.15) is 5.69 Å². The van der Waals surface area contributed by atoms with E-state index >= 15 is 0 Å². The molecule has 0 bridgehead atoms. The first kappa shape index (κ1) is 14.7. The molecule has 0 aliphatic rings. The lowest BCUT2D eigenvalue weighted by Crippen LogP contribution is -2.04. The van der Waals surface area contributed by atoms with Crippen LogP contribution in [0, 0.1) is 0 Å². The molecule has 0 amide bonds. The predicted octanol–water partition coefficient (Wildman–Crippen LogP) is 2.45. The van der Waals surface area contributed by atoms with E-state index in [0.29, 0.717) is 22.9 Å². The molecule has 0 aliphatic heterocycles. The van der Waals surface area contributed by atoms with Crippen LogP contribution in [-0.2, 0) is 11.2 Å². The SMILES string of the molecule is COc1cc(Oc2ccnc3ccncc23)cnc1CC(=O)O. The molecule has 0 spiro atoms. The molecule has 0 atom stereocenters. The van der Waals surface area contributed by atoms with Gasteiger partial charge in [0, 0.05) is 24.7 Å². The molecule has 3 aromatic heterocycles. The number of pyridine rings is 3. The lowest BCUT2D eigenvalue weighted by atomic mass is 10.2. The second-order valence-corrected chi connectivity index (χ2v) is 4.69. The van der Waals surface area contributed by atoms with E-state index < -0.39 is 5.97 Å². The zero-order valence-electron chi connectivity index (χ0n) is 12.3. The van der Waals surface area contributed by atoms with Gasteiger partial charge < -0.3 is 14.6 Å². The molecule has 0 aromatic carbocycles. The Morgan fingerprint density at radius 3 is 2.83 bits per heavy atom. The molecule has 3 rings (SSSR count). The highest BCUT2D eigenvalue weighted by molar-refractivity contribution is 5.84. The summed E-state index contributed by atoms with van der Waals surface area (Å²) in [6.07, 6.45) is 6.21. The van der Waals surface area contributed by atoms with E-state index in [-0.39, 0.29) is 6.42 Å². The number of carboxylic acids is 1. The van der Waals surface area contributed by atoms with E-state index in [1.807, 2.05) is 0 Å². The van der Waals surface area contributed by atoms with Gasteiger partial charge in [0.25, 0.3) is 0 Å². The summed E-state index contributed by atoms with van der Waals surface area (Å²) in [6, 6.07) is 5.12. The topological polar surface area (TPSA) is 94.4 Å². The number of aromatic nitrogens is 3. The molecule has 3 heterocycles. The number of hydrogen-bond acceptors (Lipinski definition) is 6. The van der Waals surface area contributed by atoms with E-state index in [1.165, 1.54) is 13.3 Å². The lowest BCUT2D eigenvalue weighted by Gasteiger charge is -2.11. The molecule has 0 radical (unpaired) electrons. The Morgan fingerprint density at radius 2 is 2.04 bits per heavy atom. The minimum atomic E-state index is -0.976. The normalized spacial score (nSPS) is 10.5. The number of carbonyl (C=O) groups is 1. The van der Waals surface area contributed by atoms with Crippen LogP contribution >= 0.6 is 0 Å². The van der Waals surface area contributed by atoms with Gasteiger partial charge in [0.05, 0.1) is 36.3 Å². The van der Waals surface area contributed by atoms with Crippen molar-refractivity contribution in [1.29, 1.82) is 0 Å².